The summed E-state index contributed by atoms with van der Waals surface area (Å²) in [6.45, 7) is 5.00. The van der Waals surface area contributed by atoms with Gasteiger partial charge in [0.2, 0.25) is 17.7 Å². The van der Waals surface area contributed by atoms with Crippen LogP contribution in [0.3, 0.4) is 0 Å². The number of methoxy groups -OCH3 is 2. The van der Waals surface area contributed by atoms with Gasteiger partial charge in [0.25, 0.3) is 5.91 Å². The number of benzene rings is 1. The van der Waals surface area contributed by atoms with Crippen LogP contribution in [-0.2, 0) is 16.1 Å². The number of hydrogen-bond donors (Lipinski definition) is 0. The highest BCUT2D eigenvalue weighted by Gasteiger charge is 2.33. The predicted octanol–water partition coefficient (Wildman–Crippen LogP) is 2.76. The van der Waals surface area contributed by atoms with Gasteiger partial charge < -0.3 is 24.0 Å². The zero-order chi connectivity index (χ0) is 24.0. The van der Waals surface area contributed by atoms with E-state index in [0.29, 0.717) is 24.5 Å². The Labute approximate surface area is 193 Å². The van der Waals surface area contributed by atoms with Gasteiger partial charge in [0.1, 0.15) is 17.9 Å². The first-order valence-corrected chi connectivity index (χ1v) is 10.8. The highest BCUT2D eigenvalue weighted by atomic mass is 19.1. The van der Waals surface area contributed by atoms with Gasteiger partial charge in [-0.2, -0.15) is 4.98 Å². The lowest BCUT2D eigenvalue weighted by atomic mass is 10.2. The fraction of sp³-hybridized carbons (Fsp3) is 0.458. The molecule has 2 aromatic rings. The number of carbonyl (C=O) groups excluding carboxylic acids is 2. The van der Waals surface area contributed by atoms with E-state index in [1.807, 2.05) is 13.8 Å². The quantitative estimate of drug-likeness (QED) is 0.604. The van der Waals surface area contributed by atoms with Crippen LogP contribution in [0, 0.1) is 11.7 Å². The van der Waals surface area contributed by atoms with Crippen LogP contribution >= 0.6 is 0 Å². The van der Waals surface area contributed by atoms with Crippen molar-refractivity contribution in [2.24, 2.45) is 5.92 Å². The number of hydrogen-bond acceptors (Lipinski definition) is 6. The van der Waals surface area contributed by atoms with E-state index in [1.54, 1.807) is 35.2 Å². The minimum Gasteiger partial charge on any atom is -0.481 e. The topological polar surface area (TPSA) is 81.2 Å². The zero-order valence-corrected chi connectivity index (χ0v) is 19.4. The van der Waals surface area contributed by atoms with Crippen LogP contribution in [0.25, 0.3) is 0 Å². The minimum atomic E-state index is -0.490. The summed E-state index contributed by atoms with van der Waals surface area (Å²) < 4.78 is 30.4. The molecule has 0 bridgehead atoms. The molecule has 1 saturated heterocycles. The van der Waals surface area contributed by atoms with E-state index in [9.17, 15) is 14.0 Å². The molecule has 1 aliphatic rings. The van der Waals surface area contributed by atoms with Crippen LogP contribution in [0.5, 0.6) is 11.8 Å². The van der Waals surface area contributed by atoms with E-state index in [4.69, 9.17) is 14.2 Å². The third kappa shape index (κ3) is 6.19. The first-order chi connectivity index (χ1) is 15.8. The Kier molecular flexibility index (Phi) is 8.21. The molecule has 0 radical (unpaired) electrons. The third-order valence-corrected chi connectivity index (χ3v) is 5.30. The highest BCUT2D eigenvalue weighted by Crippen LogP contribution is 2.23. The van der Waals surface area contributed by atoms with Gasteiger partial charge >= 0.3 is 0 Å². The van der Waals surface area contributed by atoms with Gasteiger partial charge in [-0.25, -0.2) is 4.39 Å². The Hall–Kier alpha value is -3.20. The van der Waals surface area contributed by atoms with Crippen molar-refractivity contribution in [3.8, 4) is 11.8 Å². The molecular formula is C24H30FN3O5. The summed E-state index contributed by atoms with van der Waals surface area (Å²) in [5.74, 6) is -0.267. The summed E-state index contributed by atoms with van der Waals surface area (Å²) in [6.07, 6.45) is -0.490. The Morgan fingerprint density at radius 1 is 1.15 bits per heavy atom. The molecule has 178 valence electrons. The summed E-state index contributed by atoms with van der Waals surface area (Å²) in [7, 11) is 2.88. The summed E-state index contributed by atoms with van der Waals surface area (Å²) in [6, 6.07) is 9.50. The average Bonchev–Trinajstić information content (AvgIpc) is 2.95. The average molecular weight is 460 g/mol. The largest absolute Gasteiger partial charge is 0.481 e. The molecule has 8 nitrogen and oxygen atoms in total. The Morgan fingerprint density at radius 3 is 2.58 bits per heavy atom. The number of amides is 2. The van der Waals surface area contributed by atoms with Crippen molar-refractivity contribution in [1.29, 1.82) is 0 Å². The standard InChI is InChI=1S/C24H30FN3O5/c1-16(2)11-27-12-18(33-15-17-7-5-6-8-20(17)25)13-28(14-22(27)29)24(30)19-9-10-21(31-3)26-23(19)32-4/h5-10,16,18H,11-15H2,1-4H3. The van der Waals surface area contributed by atoms with Crippen molar-refractivity contribution >= 4 is 11.8 Å². The molecular weight excluding hydrogens is 429 g/mol. The summed E-state index contributed by atoms with van der Waals surface area (Å²) in [5.41, 5.74) is 0.638. The van der Waals surface area contributed by atoms with Crippen molar-refractivity contribution in [2.45, 2.75) is 26.6 Å². The summed E-state index contributed by atoms with van der Waals surface area (Å²) in [5, 5.41) is 0. The maximum absolute atomic E-state index is 14.1. The number of halogens is 1. The Bertz CT molecular complexity index is 984. The van der Waals surface area contributed by atoms with E-state index in [0.717, 1.165) is 0 Å². The molecule has 1 fully saturated rings. The molecule has 3 rings (SSSR count). The predicted molar refractivity (Wildman–Crippen MR) is 120 cm³/mol. The van der Waals surface area contributed by atoms with Crippen LogP contribution in [-0.4, -0.2) is 73.1 Å². The molecule has 0 spiro atoms. The zero-order valence-electron chi connectivity index (χ0n) is 19.4. The molecule has 1 aromatic carbocycles. The van der Waals surface area contributed by atoms with Crippen LogP contribution in [0.15, 0.2) is 36.4 Å². The maximum atomic E-state index is 14.1. The molecule has 2 heterocycles. The number of carbonyl (C=O) groups is 2. The molecule has 0 saturated carbocycles. The van der Waals surface area contributed by atoms with E-state index in [1.165, 1.54) is 25.2 Å². The van der Waals surface area contributed by atoms with Gasteiger partial charge in [0.05, 0.1) is 26.9 Å². The van der Waals surface area contributed by atoms with Gasteiger partial charge in [-0.05, 0) is 18.1 Å². The lowest BCUT2D eigenvalue weighted by molar-refractivity contribution is -0.132. The summed E-state index contributed by atoms with van der Waals surface area (Å²) >= 11 is 0. The lowest BCUT2D eigenvalue weighted by Crippen LogP contribution is -2.40. The van der Waals surface area contributed by atoms with Gasteiger partial charge in [-0.1, -0.05) is 32.0 Å². The molecule has 1 aromatic heterocycles. The van der Waals surface area contributed by atoms with Crippen molar-refractivity contribution in [2.75, 3.05) is 40.4 Å². The number of ether oxygens (including phenoxy) is 3. The number of nitrogens with zero attached hydrogens (tertiary/aromatic N) is 3. The normalized spacial score (nSPS) is 16.7. The van der Waals surface area contributed by atoms with Gasteiger partial charge in [0, 0.05) is 31.3 Å². The molecule has 1 atom stereocenters. The van der Waals surface area contributed by atoms with Crippen LogP contribution in [0.1, 0.15) is 29.8 Å². The minimum absolute atomic E-state index is 0.0382. The third-order valence-electron chi connectivity index (χ3n) is 5.30. The SMILES string of the molecule is COc1ccc(C(=O)N2CC(=O)N(CC(C)C)CC(OCc3ccccc3F)C2)c(OC)n1. The fourth-order valence-electron chi connectivity index (χ4n) is 3.71. The van der Waals surface area contributed by atoms with Crippen LogP contribution in [0.4, 0.5) is 4.39 Å². The second kappa shape index (κ2) is 11.1. The van der Waals surface area contributed by atoms with Crippen LogP contribution in [0.2, 0.25) is 0 Å². The molecule has 33 heavy (non-hydrogen) atoms. The second-order valence-corrected chi connectivity index (χ2v) is 8.31. The molecule has 2 amide bonds. The van der Waals surface area contributed by atoms with E-state index in [-0.39, 0.29) is 48.8 Å². The molecule has 0 aliphatic carbocycles. The van der Waals surface area contributed by atoms with Gasteiger partial charge in [-0.15, -0.1) is 0 Å². The molecule has 9 heteroatoms. The van der Waals surface area contributed by atoms with Crippen molar-refractivity contribution in [3.63, 3.8) is 0 Å². The lowest BCUT2D eigenvalue weighted by Gasteiger charge is -2.26. The Balaban J connectivity index is 1.84. The van der Waals surface area contributed by atoms with E-state index >= 15 is 0 Å². The first-order valence-electron chi connectivity index (χ1n) is 10.8. The van der Waals surface area contributed by atoms with Crippen molar-refractivity contribution in [3.05, 3.63) is 53.3 Å². The monoisotopic (exact) mass is 459 g/mol. The van der Waals surface area contributed by atoms with Crippen LogP contribution < -0.4 is 9.47 Å². The maximum Gasteiger partial charge on any atom is 0.259 e. The number of aromatic nitrogens is 1. The van der Waals surface area contributed by atoms with Crippen molar-refractivity contribution in [1.82, 2.24) is 14.8 Å². The van der Waals surface area contributed by atoms with Gasteiger partial charge in [-0.3, -0.25) is 9.59 Å². The van der Waals surface area contributed by atoms with E-state index in [2.05, 4.69) is 4.98 Å². The molecule has 1 unspecified atom stereocenters. The van der Waals surface area contributed by atoms with E-state index < -0.39 is 12.0 Å². The fourth-order valence-corrected chi connectivity index (χ4v) is 3.71. The number of rotatable bonds is 8. The second-order valence-electron chi connectivity index (χ2n) is 8.31. The summed E-state index contributed by atoms with van der Waals surface area (Å²) in [4.78, 5) is 33.6. The highest BCUT2D eigenvalue weighted by molar-refractivity contribution is 5.98. The molecule has 0 N–H and O–H groups in total. The van der Waals surface area contributed by atoms with Gasteiger partial charge in [0.15, 0.2) is 0 Å². The first kappa shape index (κ1) is 24.4. The molecule has 1 aliphatic heterocycles. The Morgan fingerprint density at radius 2 is 1.91 bits per heavy atom. The number of pyridine rings is 1. The van der Waals surface area contributed by atoms with Crippen molar-refractivity contribution < 1.29 is 28.2 Å². The smallest absolute Gasteiger partial charge is 0.259 e.